The van der Waals surface area contributed by atoms with E-state index in [1.54, 1.807) is 0 Å². The van der Waals surface area contributed by atoms with Crippen molar-refractivity contribution < 1.29 is 9.47 Å². The Hall–Kier alpha value is -3.27. The van der Waals surface area contributed by atoms with Gasteiger partial charge in [0.2, 0.25) is 0 Å². The van der Waals surface area contributed by atoms with Gasteiger partial charge in [0.25, 0.3) is 0 Å². The van der Waals surface area contributed by atoms with Crippen LogP contribution in [-0.2, 0) is 13.2 Å². The Bertz CT molecular complexity index is 1110. The first kappa shape index (κ1) is 19.1. The predicted molar refractivity (Wildman–Crippen MR) is 117 cm³/mol. The van der Waals surface area contributed by atoms with Crippen LogP contribution in [0.15, 0.2) is 66.7 Å². The zero-order valence-electron chi connectivity index (χ0n) is 17.2. The van der Waals surface area contributed by atoms with E-state index in [2.05, 4.69) is 55.7 Å². The van der Waals surface area contributed by atoms with Crippen molar-refractivity contribution in [3.63, 3.8) is 0 Å². The highest BCUT2D eigenvalue weighted by atomic mass is 16.5. The largest absolute Gasteiger partial charge is 0.491 e. The molecule has 0 aliphatic rings. The average molecular weight is 386 g/mol. The molecule has 4 heteroatoms. The van der Waals surface area contributed by atoms with Gasteiger partial charge in [0.1, 0.15) is 30.5 Å². The number of hydrogen-bond donors (Lipinski definition) is 0. The van der Waals surface area contributed by atoms with E-state index in [-0.39, 0.29) is 0 Å². The highest BCUT2D eigenvalue weighted by Crippen LogP contribution is 2.23. The molecule has 0 atom stereocenters. The summed E-state index contributed by atoms with van der Waals surface area (Å²) in [6.45, 7) is 7.91. The predicted octanol–water partition coefficient (Wildman–Crippen LogP) is 5.62. The molecule has 0 unspecified atom stereocenters. The van der Waals surface area contributed by atoms with Crippen molar-refractivity contribution in [1.29, 1.82) is 0 Å². The number of para-hydroxylation sites is 4. The molecule has 0 amide bonds. The number of fused-ring (bicyclic) bond motifs is 1. The third-order valence-electron chi connectivity index (χ3n) is 5.15. The van der Waals surface area contributed by atoms with Crippen LogP contribution < -0.4 is 9.47 Å². The fourth-order valence-electron chi connectivity index (χ4n) is 3.61. The number of aromatic nitrogens is 2. The molecular weight excluding hydrogens is 360 g/mol. The monoisotopic (exact) mass is 386 g/mol. The summed E-state index contributed by atoms with van der Waals surface area (Å²) in [7, 11) is 0. The first-order valence-corrected chi connectivity index (χ1v) is 9.95. The Morgan fingerprint density at radius 2 is 1.45 bits per heavy atom. The van der Waals surface area contributed by atoms with Crippen LogP contribution in [0.5, 0.6) is 11.5 Å². The van der Waals surface area contributed by atoms with Gasteiger partial charge in [0.05, 0.1) is 17.6 Å². The van der Waals surface area contributed by atoms with Gasteiger partial charge in [-0.15, -0.1) is 0 Å². The molecule has 0 aliphatic heterocycles. The molecule has 148 valence electrons. The molecule has 0 bridgehead atoms. The molecule has 1 aromatic heterocycles. The van der Waals surface area contributed by atoms with Gasteiger partial charge in [-0.05, 0) is 55.7 Å². The zero-order chi connectivity index (χ0) is 20.2. The summed E-state index contributed by atoms with van der Waals surface area (Å²) >= 11 is 0. The summed E-state index contributed by atoms with van der Waals surface area (Å²) in [5.41, 5.74) is 5.50. The van der Waals surface area contributed by atoms with Crippen LogP contribution in [0.1, 0.15) is 22.5 Å². The quantitative estimate of drug-likeness (QED) is 0.414. The molecule has 29 heavy (non-hydrogen) atoms. The van der Waals surface area contributed by atoms with E-state index in [1.165, 1.54) is 0 Å². The van der Waals surface area contributed by atoms with Crippen molar-refractivity contribution in [2.45, 2.75) is 33.9 Å². The van der Waals surface area contributed by atoms with Crippen molar-refractivity contribution in [1.82, 2.24) is 9.55 Å². The van der Waals surface area contributed by atoms with Crippen LogP contribution in [0.25, 0.3) is 11.0 Å². The Morgan fingerprint density at radius 1 is 0.759 bits per heavy atom. The second kappa shape index (κ2) is 8.39. The molecule has 0 spiro atoms. The highest BCUT2D eigenvalue weighted by Gasteiger charge is 2.12. The molecule has 4 rings (SSSR count). The second-order valence-corrected chi connectivity index (χ2v) is 7.29. The summed E-state index contributed by atoms with van der Waals surface area (Å²) in [6.07, 6.45) is 0. The molecule has 0 saturated carbocycles. The molecule has 0 aliphatic carbocycles. The third kappa shape index (κ3) is 4.11. The Morgan fingerprint density at radius 3 is 2.24 bits per heavy atom. The lowest BCUT2D eigenvalue weighted by atomic mass is 10.1. The van der Waals surface area contributed by atoms with Gasteiger partial charge in [-0.2, -0.15) is 0 Å². The van der Waals surface area contributed by atoms with Crippen molar-refractivity contribution in [3.8, 4) is 11.5 Å². The first-order chi connectivity index (χ1) is 14.1. The smallest absolute Gasteiger partial charge is 0.148 e. The van der Waals surface area contributed by atoms with E-state index in [0.29, 0.717) is 19.8 Å². The lowest BCUT2D eigenvalue weighted by Gasteiger charge is -2.14. The van der Waals surface area contributed by atoms with Crippen LogP contribution in [-0.4, -0.2) is 16.2 Å². The maximum absolute atomic E-state index is 6.14. The van der Waals surface area contributed by atoms with Crippen LogP contribution in [0.4, 0.5) is 0 Å². The number of rotatable bonds is 7. The number of imidazole rings is 1. The van der Waals surface area contributed by atoms with Crippen molar-refractivity contribution in [2.24, 2.45) is 0 Å². The molecule has 0 radical (unpaired) electrons. The standard InChI is InChI=1S/C25H26N2O2/c1-18-9-4-7-14-23(18)29-17-24-26-21-12-5-6-13-22(21)27(24)15-16-28-25-19(2)10-8-11-20(25)3/h4-14H,15-17H2,1-3H3. The summed E-state index contributed by atoms with van der Waals surface area (Å²) in [5, 5.41) is 0. The molecule has 0 fully saturated rings. The molecule has 1 heterocycles. The van der Waals surface area contributed by atoms with E-state index in [0.717, 1.165) is 45.0 Å². The minimum Gasteiger partial charge on any atom is -0.491 e. The van der Waals surface area contributed by atoms with Crippen LogP contribution >= 0.6 is 0 Å². The van der Waals surface area contributed by atoms with E-state index in [1.807, 2.05) is 36.4 Å². The van der Waals surface area contributed by atoms with Crippen molar-refractivity contribution in [3.05, 3.63) is 89.2 Å². The normalized spacial score (nSPS) is 11.0. The number of nitrogens with zero attached hydrogens (tertiary/aromatic N) is 2. The van der Waals surface area contributed by atoms with Gasteiger partial charge >= 0.3 is 0 Å². The van der Waals surface area contributed by atoms with Gasteiger partial charge in [-0.3, -0.25) is 0 Å². The molecule has 0 N–H and O–H groups in total. The maximum Gasteiger partial charge on any atom is 0.148 e. The van der Waals surface area contributed by atoms with Crippen LogP contribution in [0.2, 0.25) is 0 Å². The lowest BCUT2D eigenvalue weighted by Crippen LogP contribution is -2.13. The van der Waals surface area contributed by atoms with E-state index < -0.39 is 0 Å². The van der Waals surface area contributed by atoms with Gasteiger partial charge in [-0.1, -0.05) is 48.5 Å². The Labute approximate surface area is 171 Å². The fourth-order valence-corrected chi connectivity index (χ4v) is 3.61. The Balaban J connectivity index is 1.54. The summed E-state index contributed by atoms with van der Waals surface area (Å²) in [5.74, 6) is 2.76. The third-order valence-corrected chi connectivity index (χ3v) is 5.15. The molecule has 4 nitrogen and oxygen atoms in total. The number of ether oxygens (including phenoxy) is 2. The molecule has 3 aromatic carbocycles. The van der Waals surface area contributed by atoms with E-state index in [9.17, 15) is 0 Å². The number of aryl methyl sites for hydroxylation is 3. The van der Waals surface area contributed by atoms with E-state index in [4.69, 9.17) is 14.5 Å². The summed E-state index contributed by atoms with van der Waals surface area (Å²) in [6, 6.07) is 22.5. The topological polar surface area (TPSA) is 36.3 Å². The minimum atomic E-state index is 0.420. The molecule has 4 aromatic rings. The fraction of sp³-hybridized carbons (Fsp3) is 0.240. The summed E-state index contributed by atoms with van der Waals surface area (Å²) in [4.78, 5) is 4.80. The Kier molecular flexibility index (Phi) is 5.52. The molecular formula is C25H26N2O2. The maximum atomic E-state index is 6.14. The first-order valence-electron chi connectivity index (χ1n) is 9.95. The highest BCUT2D eigenvalue weighted by molar-refractivity contribution is 5.75. The van der Waals surface area contributed by atoms with Crippen LogP contribution in [0.3, 0.4) is 0 Å². The second-order valence-electron chi connectivity index (χ2n) is 7.29. The zero-order valence-corrected chi connectivity index (χ0v) is 17.2. The van der Waals surface area contributed by atoms with Gasteiger partial charge in [0, 0.05) is 0 Å². The van der Waals surface area contributed by atoms with Gasteiger partial charge < -0.3 is 14.0 Å². The van der Waals surface area contributed by atoms with Crippen molar-refractivity contribution >= 4 is 11.0 Å². The van der Waals surface area contributed by atoms with E-state index >= 15 is 0 Å². The van der Waals surface area contributed by atoms with Gasteiger partial charge in [0.15, 0.2) is 0 Å². The van der Waals surface area contributed by atoms with Crippen molar-refractivity contribution in [2.75, 3.05) is 6.61 Å². The van der Waals surface area contributed by atoms with Crippen LogP contribution in [0, 0.1) is 20.8 Å². The average Bonchev–Trinajstić information content (AvgIpc) is 3.07. The number of benzene rings is 3. The lowest BCUT2D eigenvalue weighted by molar-refractivity contribution is 0.270. The number of hydrogen-bond acceptors (Lipinski definition) is 3. The summed E-state index contributed by atoms with van der Waals surface area (Å²) < 4.78 is 14.4. The SMILES string of the molecule is Cc1ccccc1OCc1nc2ccccc2n1CCOc1c(C)cccc1C. The molecule has 0 saturated heterocycles. The van der Waals surface area contributed by atoms with Gasteiger partial charge in [-0.25, -0.2) is 4.98 Å². The minimum absolute atomic E-state index is 0.420.